The van der Waals surface area contributed by atoms with Crippen LogP contribution in [0, 0.1) is 0 Å². The normalized spacial score (nSPS) is 12.7. The van der Waals surface area contributed by atoms with Crippen LogP contribution in [-0.4, -0.2) is 68.4 Å². The van der Waals surface area contributed by atoms with Gasteiger partial charge >= 0.3 is 58.4 Å². The fourth-order valence-electron chi connectivity index (χ4n) is 2.54. The first-order valence-electron chi connectivity index (χ1n) is 9.89. The second-order valence-electron chi connectivity index (χ2n) is 6.86. The smallest absolute Gasteiger partial charge is 0.371 e. The van der Waals surface area contributed by atoms with Crippen LogP contribution in [0.1, 0.15) is 0 Å². The van der Waals surface area contributed by atoms with Gasteiger partial charge in [0, 0.05) is 17.8 Å². The highest BCUT2D eigenvalue weighted by molar-refractivity contribution is 7.88. The van der Waals surface area contributed by atoms with Crippen LogP contribution >= 0.6 is 11.5 Å². The zero-order valence-corrected chi connectivity index (χ0v) is 23.1. The Kier molecular flexibility index (Phi) is 6.93. The van der Waals surface area contributed by atoms with Crippen molar-refractivity contribution in [3.05, 3.63) is 42.4 Å². The first kappa shape index (κ1) is 28.0. The number of nitrogens with one attached hydrogen (secondary N) is 2. The summed E-state index contributed by atoms with van der Waals surface area (Å²) in [6.07, 6.45) is 2.39. The van der Waals surface area contributed by atoms with E-state index in [1.165, 1.54) is 5.38 Å². The molecule has 0 aromatic carbocycles. The Labute approximate surface area is 231 Å². The number of aromatic nitrogens is 7. The molecule has 0 aliphatic rings. The lowest BCUT2D eigenvalue weighted by Crippen LogP contribution is -2.16. The highest BCUT2D eigenvalue weighted by atomic mass is 32.2. The summed E-state index contributed by atoms with van der Waals surface area (Å²) in [6.45, 7) is 0. The minimum absolute atomic E-state index is 0.493. The van der Waals surface area contributed by atoms with E-state index in [1.54, 1.807) is 0 Å². The van der Waals surface area contributed by atoms with Gasteiger partial charge in [-0.2, -0.15) is 43.1 Å². The lowest BCUT2D eigenvalue weighted by atomic mass is 10.7. The summed E-state index contributed by atoms with van der Waals surface area (Å²) in [5.74, 6) is -3.53. The van der Waals surface area contributed by atoms with E-state index in [4.69, 9.17) is 12.8 Å². The molecule has 0 radical (unpaired) electrons. The molecule has 5 rings (SSSR count). The van der Waals surface area contributed by atoms with Crippen molar-refractivity contribution >= 4 is 52.0 Å². The Bertz CT molecular complexity index is 2010. The molecule has 0 saturated carbocycles. The molecule has 2 N–H and O–H groups in total. The summed E-state index contributed by atoms with van der Waals surface area (Å²) in [5, 5.41) is 6.71. The van der Waals surface area contributed by atoms with Gasteiger partial charge in [-0.3, -0.25) is 5.10 Å². The van der Waals surface area contributed by atoms with Crippen LogP contribution in [0.5, 0.6) is 23.7 Å². The third-order valence-electron chi connectivity index (χ3n) is 4.17. The number of aromatic amines is 2. The molecular weight excluding hydrogens is 663 g/mol. The Morgan fingerprint density at radius 2 is 1.66 bits per heavy atom. The van der Waals surface area contributed by atoms with Crippen LogP contribution in [0.4, 0.5) is 0 Å². The molecule has 0 atom stereocenters. The van der Waals surface area contributed by atoms with E-state index < -0.39 is 84.4 Å². The number of H-pyrrole nitrogens is 2. The molecule has 0 fully saturated rings. The van der Waals surface area contributed by atoms with Gasteiger partial charge in [0.15, 0.2) is 11.3 Å². The van der Waals surface area contributed by atoms with Gasteiger partial charge in [-0.05, 0) is 23.7 Å². The molecule has 5 heterocycles. The number of hydrogen-bond acceptors (Lipinski definition) is 20. The van der Waals surface area contributed by atoms with Gasteiger partial charge in [-0.1, -0.05) is 5.16 Å². The minimum Gasteiger partial charge on any atom is -0.371 e. The van der Waals surface area contributed by atoms with Gasteiger partial charge < -0.3 is 30.7 Å². The van der Waals surface area contributed by atoms with E-state index in [0.717, 1.165) is 42.3 Å². The van der Waals surface area contributed by atoms with Crippen molar-refractivity contribution in [3.63, 3.8) is 0 Å². The summed E-state index contributed by atoms with van der Waals surface area (Å²) >= 11 is 0.734. The number of hydrogen-bond donors (Lipinski definition) is 2. The predicted octanol–water partition coefficient (Wildman–Crippen LogP) is -0.364. The predicted molar refractivity (Wildman–Crippen MR) is 124 cm³/mol. The van der Waals surface area contributed by atoms with E-state index >= 15 is 0 Å². The van der Waals surface area contributed by atoms with Crippen LogP contribution in [0.3, 0.4) is 0 Å². The van der Waals surface area contributed by atoms with Crippen LogP contribution in [-0.2, 0) is 40.5 Å². The van der Waals surface area contributed by atoms with E-state index in [9.17, 15) is 33.7 Å². The zero-order valence-electron chi connectivity index (χ0n) is 19.0. The largest absolute Gasteiger partial charge is 0.416 e. The van der Waals surface area contributed by atoms with Crippen LogP contribution in [0.15, 0.2) is 71.5 Å². The van der Waals surface area contributed by atoms with Crippen molar-refractivity contribution in [2.24, 2.45) is 0 Å². The number of oxazole rings is 1. The fraction of sp³-hybridized carbons (Fsp3) is 0. The molecular formula is C15H9N7O14S5. The van der Waals surface area contributed by atoms with Gasteiger partial charge in [0.2, 0.25) is 10.8 Å². The second-order valence-corrected chi connectivity index (χ2v) is 13.5. The van der Waals surface area contributed by atoms with Crippen LogP contribution < -0.4 is 16.7 Å². The molecule has 0 aliphatic heterocycles. The Balaban J connectivity index is 1.47. The SMILES string of the molecule is O=S(=O)(Oc1nc(OS(=O)(=O)c2nocc2OS(=O)(=O)c2ncc[nH]2)oc1OS(=O)(=O)c1ccn[nH]1)c1ccsn1. The molecule has 0 bridgehead atoms. The van der Waals surface area contributed by atoms with Crippen LogP contribution in [0.25, 0.3) is 0 Å². The maximum atomic E-state index is 12.8. The molecule has 0 saturated heterocycles. The minimum atomic E-state index is -5.24. The molecule has 0 amide bonds. The van der Waals surface area contributed by atoms with Gasteiger partial charge in [-0.15, -0.1) is 4.98 Å². The van der Waals surface area contributed by atoms with E-state index in [1.807, 2.05) is 0 Å². The first-order chi connectivity index (χ1) is 19.3. The van der Waals surface area contributed by atoms with E-state index in [-0.39, 0.29) is 0 Å². The summed E-state index contributed by atoms with van der Waals surface area (Å²) in [7, 11) is -19.5. The summed E-state index contributed by atoms with van der Waals surface area (Å²) in [4.78, 5) is 9.08. The second kappa shape index (κ2) is 10.1. The van der Waals surface area contributed by atoms with Gasteiger partial charge in [0.1, 0.15) is 0 Å². The molecule has 5 aromatic rings. The molecule has 5 aromatic heterocycles. The lowest BCUT2D eigenvalue weighted by Gasteiger charge is -2.04. The Morgan fingerprint density at radius 1 is 0.854 bits per heavy atom. The molecule has 26 heteroatoms. The average Bonchev–Trinajstić information content (AvgIpc) is 3.71. The summed E-state index contributed by atoms with van der Waals surface area (Å²) in [6, 6.07) is 2.00. The summed E-state index contributed by atoms with van der Waals surface area (Å²) in [5.41, 5.74) is 0. The first-order valence-corrected chi connectivity index (χ1v) is 16.4. The third kappa shape index (κ3) is 5.84. The monoisotopic (exact) mass is 671 g/mol. The molecule has 41 heavy (non-hydrogen) atoms. The van der Waals surface area contributed by atoms with Crippen LogP contribution in [0.2, 0.25) is 0 Å². The Morgan fingerprint density at radius 3 is 2.32 bits per heavy atom. The van der Waals surface area contributed by atoms with Gasteiger partial charge in [-0.25, -0.2) is 4.98 Å². The van der Waals surface area contributed by atoms with E-state index in [2.05, 4.69) is 47.6 Å². The van der Waals surface area contributed by atoms with Gasteiger partial charge in [0.25, 0.3) is 10.2 Å². The molecule has 0 unspecified atom stereocenters. The highest BCUT2D eigenvalue weighted by Gasteiger charge is 2.36. The fourth-order valence-corrected chi connectivity index (χ4v) is 6.65. The lowest BCUT2D eigenvalue weighted by molar-refractivity contribution is 0.312. The molecule has 0 aliphatic carbocycles. The van der Waals surface area contributed by atoms with Crippen molar-refractivity contribution in [1.29, 1.82) is 0 Å². The quantitative estimate of drug-likeness (QED) is 0.160. The Hall–Kier alpha value is -4.53. The van der Waals surface area contributed by atoms with Gasteiger partial charge in [0.05, 0.1) is 6.20 Å². The van der Waals surface area contributed by atoms with Crippen molar-refractivity contribution in [2.45, 2.75) is 20.2 Å². The molecule has 218 valence electrons. The highest BCUT2D eigenvalue weighted by Crippen LogP contribution is 2.37. The van der Waals surface area contributed by atoms with Crippen molar-refractivity contribution in [2.75, 3.05) is 0 Å². The van der Waals surface area contributed by atoms with Crippen molar-refractivity contribution < 1.29 is 59.3 Å². The zero-order chi connectivity index (χ0) is 29.5. The molecule has 21 nitrogen and oxygen atoms in total. The topological polar surface area (TPSA) is 296 Å². The number of nitrogens with zero attached hydrogens (tertiary/aromatic N) is 5. The standard InChI is InChI=1S/C15H9N7O14S5/c23-38(24,9-1-3-18-20-9)35-13-11(34-39(25,26)10-2-6-37-22-10)19-15(32-13)36-40(27,28)12-8(7-31-21-12)33-41(29,30)14-16-4-5-17-14/h1-7H,(H,16,17)(H,18,20). The number of rotatable bonds is 12. The third-order valence-corrected chi connectivity index (χ3v) is 9.31. The summed E-state index contributed by atoms with van der Waals surface area (Å²) < 4.78 is 132. The van der Waals surface area contributed by atoms with E-state index in [0.29, 0.717) is 6.26 Å². The maximum Gasteiger partial charge on any atom is 0.416 e. The van der Waals surface area contributed by atoms with Crippen molar-refractivity contribution in [1.82, 2.24) is 34.7 Å². The average molecular weight is 672 g/mol. The number of imidazole rings is 1. The maximum absolute atomic E-state index is 12.8. The molecule has 0 spiro atoms. The van der Waals surface area contributed by atoms with Crippen molar-refractivity contribution in [3.8, 4) is 23.7 Å².